The lowest BCUT2D eigenvalue weighted by molar-refractivity contribution is -0.351. The molecule has 1 N–H and O–H groups in total. The van der Waals surface area contributed by atoms with Gasteiger partial charge in [-0.1, -0.05) is 61.5 Å². The third-order valence-corrected chi connectivity index (χ3v) is 13.0. The largest absolute Gasteiger partial charge is 0.462 e. The molecule has 14 nitrogen and oxygen atoms in total. The van der Waals surface area contributed by atoms with Crippen molar-refractivity contribution in [3.63, 3.8) is 0 Å². The number of rotatable bonds is 10. The van der Waals surface area contributed by atoms with Crippen LogP contribution in [-0.2, 0) is 47.5 Å². The minimum Gasteiger partial charge on any atom is -0.462 e. The van der Waals surface area contributed by atoms with E-state index in [1.807, 2.05) is 0 Å². The summed E-state index contributed by atoms with van der Waals surface area (Å²) in [5.74, 6) is -6.04. The molecule has 3 aromatic rings. The molecule has 3 fully saturated rings. The lowest BCUT2D eigenvalue weighted by atomic mass is 9.49. The van der Waals surface area contributed by atoms with E-state index in [-0.39, 0.29) is 41.7 Å². The van der Waals surface area contributed by atoms with Crippen molar-refractivity contribution >= 4 is 35.8 Å². The fourth-order valence-corrected chi connectivity index (χ4v) is 10.4. The van der Waals surface area contributed by atoms with Gasteiger partial charge in [0, 0.05) is 33.6 Å². The predicted octanol–water partition coefficient (Wildman–Crippen LogP) is 5.74. The highest BCUT2D eigenvalue weighted by atomic mass is 16.6. The van der Waals surface area contributed by atoms with E-state index < -0.39 is 100 Å². The molecule has 4 aliphatic rings. The van der Waals surface area contributed by atoms with Gasteiger partial charge in [-0.2, -0.15) is 0 Å². The van der Waals surface area contributed by atoms with E-state index in [4.69, 9.17) is 33.2 Å². The summed E-state index contributed by atoms with van der Waals surface area (Å²) in [4.78, 5) is 83.3. The summed E-state index contributed by atoms with van der Waals surface area (Å²) in [5.41, 5.74) is -6.53. The van der Waals surface area contributed by atoms with Crippen LogP contribution >= 0.6 is 0 Å². The average molecular weight is 839 g/mol. The van der Waals surface area contributed by atoms with Gasteiger partial charge in [-0.25, -0.2) is 14.4 Å². The highest BCUT2D eigenvalue weighted by molar-refractivity contribution is 5.91. The maximum Gasteiger partial charge on any atom is 0.338 e. The number of ether oxygens (including phenoxy) is 7. The molecule has 2 saturated carbocycles. The summed E-state index contributed by atoms with van der Waals surface area (Å²) in [6.07, 6.45) is -8.57. The quantitative estimate of drug-likeness (QED) is 0.148. The Morgan fingerprint density at radius 3 is 1.57 bits per heavy atom. The van der Waals surface area contributed by atoms with E-state index in [2.05, 4.69) is 0 Å². The topological polar surface area (TPSA) is 187 Å². The number of carbonyl (C=O) groups excluding carboxylic acids is 6. The molecule has 14 heteroatoms. The molecule has 10 atom stereocenters. The van der Waals surface area contributed by atoms with Crippen LogP contribution in [0.25, 0.3) is 0 Å². The molecule has 1 aliphatic heterocycles. The third kappa shape index (κ3) is 7.39. The molecule has 0 radical (unpaired) electrons. The predicted molar refractivity (Wildman–Crippen MR) is 215 cm³/mol. The van der Waals surface area contributed by atoms with E-state index in [0.717, 1.165) is 0 Å². The van der Waals surface area contributed by atoms with Crippen LogP contribution < -0.4 is 0 Å². The van der Waals surface area contributed by atoms with Crippen LogP contribution in [0.1, 0.15) is 92.4 Å². The van der Waals surface area contributed by atoms with Crippen LogP contribution in [0.3, 0.4) is 0 Å². The second-order valence-electron chi connectivity index (χ2n) is 17.0. The molecule has 0 amide bonds. The third-order valence-electron chi connectivity index (χ3n) is 13.0. The normalized spacial score (nSPS) is 31.4. The van der Waals surface area contributed by atoms with Gasteiger partial charge in [-0.3, -0.25) is 14.4 Å². The van der Waals surface area contributed by atoms with Crippen molar-refractivity contribution in [1.82, 2.24) is 0 Å². The molecule has 0 bridgehead atoms. The standard InChI is InChI=1S/C47H50O14/c1-26-33(56-27(2)48)24-46(44(5,6)54)36(26)37(58-41(51)30-17-11-8-12-18-30)39(59-42(52)31-19-13-9-14-20-31)45(7)34(57-28(3)49)23-35-47(25-55-35,61-29(4)50)38(45)40(46)60-43(53)32-21-15-10-16-22-32/h8-22,33-35,37-40,54H,23-25H2,1-7H3/t33-,34-,35+,37+,38?,39+,40+,45-,46+,47-/m1/s1. The number of fused-ring (bicyclic) bond motifs is 4. The first-order chi connectivity index (χ1) is 28.8. The van der Waals surface area contributed by atoms with Gasteiger partial charge in [-0.15, -0.1) is 0 Å². The summed E-state index contributed by atoms with van der Waals surface area (Å²) in [7, 11) is 0. The lowest BCUT2D eigenvalue weighted by Gasteiger charge is -2.65. The van der Waals surface area contributed by atoms with Gasteiger partial charge in [-0.05, 0) is 68.3 Å². The molecule has 3 aromatic carbocycles. The molecule has 1 unspecified atom stereocenters. The maximum atomic E-state index is 14.7. The monoisotopic (exact) mass is 838 g/mol. The Labute approximate surface area is 353 Å². The van der Waals surface area contributed by atoms with E-state index in [0.29, 0.717) is 5.57 Å². The van der Waals surface area contributed by atoms with Gasteiger partial charge in [0.1, 0.15) is 24.4 Å². The molecular formula is C47H50O14. The van der Waals surface area contributed by atoms with Crippen molar-refractivity contribution in [2.45, 2.75) is 109 Å². The lowest BCUT2D eigenvalue weighted by Crippen LogP contribution is -2.79. The van der Waals surface area contributed by atoms with Gasteiger partial charge in [0.15, 0.2) is 17.8 Å². The maximum absolute atomic E-state index is 14.7. The Kier molecular flexibility index (Phi) is 11.5. The minimum absolute atomic E-state index is 0.0957. The second kappa shape index (κ2) is 16.2. The Morgan fingerprint density at radius 2 is 1.15 bits per heavy atom. The second-order valence-corrected chi connectivity index (χ2v) is 17.0. The van der Waals surface area contributed by atoms with Gasteiger partial charge >= 0.3 is 35.8 Å². The van der Waals surface area contributed by atoms with Gasteiger partial charge < -0.3 is 38.3 Å². The molecule has 3 aliphatic carbocycles. The first-order valence-corrected chi connectivity index (χ1v) is 20.2. The van der Waals surface area contributed by atoms with E-state index in [1.165, 1.54) is 58.9 Å². The van der Waals surface area contributed by atoms with E-state index in [1.54, 1.807) is 80.6 Å². The zero-order chi connectivity index (χ0) is 44.1. The first kappa shape index (κ1) is 43.2. The zero-order valence-corrected chi connectivity index (χ0v) is 35.1. The number of hydrogen-bond acceptors (Lipinski definition) is 14. The molecule has 1 saturated heterocycles. The smallest absolute Gasteiger partial charge is 0.338 e. The van der Waals surface area contributed by atoms with E-state index in [9.17, 15) is 33.9 Å². The van der Waals surface area contributed by atoms with E-state index >= 15 is 0 Å². The van der Waals surface area contributed by atoms with Gasteiger partial charge in [0.05, 0.1) is 45.6 Å². The van der Waals surface area contributed by atoms with Crippen molar-refractivity contribution < 1.29 is 67.0 Å². The number of carbonyl (C=O) groups is 6. The summed E-state index contributed by atoms with van der Waals surface area (Å²) >= 11 is 0. The molecular weight excluding hydrogens is 789 g/mol. The minimum atomic E-state index is -1.97. The number of hydrogen-bond donors (Lipinski definition) is 1. The van der Waals surface area contributed by atoms with Crippen molar-refractivity contribution in [1.29, 1.82) is 0 Å². The Hall–Kier alpha value is -5.86. The van der Waals surface area contributed by atoms with Crippen LogP contribution in [0.2, 0.25) is 0 Å². The SMILES string of the molecule is CC(=O)O[C@@H]1C[C@]2(C(C)(C)O)C(=C1C)[C@H](OC(=O)c1ccccc1)[C@H](OC(=O)c1ccccc1)[C@@]1(C)C([C@@H]2OC(=O)c2ccccc2)[C@@]2(OC(C)=O)CO[C@H]2C[C@H]1OC(C)=O. The van der Waals surface area contributed by atoms with Crippen molar-refractivity contribution in [2.24, 2.45) is 16.7 Å². The summed E-state index contributed by atoms with van der Waals surface area (Å²) in [6.45, 7) is 9.67. The Morgan fingerprint density at radius 1 is 0.672 bits per heavy atom. The molecule has 7 rings (SSSR count). The first-order valence-electron chi connectivity index (χ1n) is 20.2. The molecule has 322 valence electrons. The summed E-state index contributed by atoms with van der Waals surface area (Å²) < 4.78 is 44.7. The molecule has 0 spiro atoms. The molecule has 61 heavy (non-hydrogen) atoms. The van der Waals surface area contributed by atoms with Crippen LogP contribution in [0, 0.1) is 16.7 Å². The van der Waals surface area contributed by atoms with Crippen molar-refractivity contribution in [3.05, 3.63) is 119 Å². The fourth-order valence-electron chi connectivity index (χ4n) is 10.4. The summed E-state index contributed by atoms with van der Waals surface area (Å²) in [5, 5.41) is 13.0. The van der Waals surface area contributed by atoms with Crippen LogP contribution in [0.5, 0.6) is 0 Å². The van der Waals surface area contributed by atoms with Crippen LogP contribution in [-0.4, -0.2) is 95.4 Å². The number of benzene rings is 3. The highest BCUT2D eigenvalue weighted by Gasteiger charge is 2.81. The van der Waals surface area contributed by atoms with Crippen molar-refractivity contribution in [2.75, 3.05) is 6.61 Å². The Bertz CT molecular complexity index is 2230. The fraction of sp³-hybridized carbons (Fsp3) is 0.447. The molecule has 1 heterocycles. The molecule has 0 aromatic heterocycles. The number of aliphatic hydroxyl groups is 1. The van der Waals surface area contributed by atoms with Gasteiger partial charge in [0.2, 0.25) is 0 Å². The Balaban J connectivity index is 1.62. The zero-order valence-electron chi connectivity index (χ0n) is 35.1. The van der Waals surface area contributed by atoms with Crippen molar-refractivity contribution in [3.8, 4) is 0 Å². The summed E-state index contributed by atoms with van der Waals surface area (Å²) in [6, 6.07) is 24.2. The number of esters is 6. The van der Waals surface area contributed by atoms with Crippen LogP contribution in [0.15, 0.2) is 102 Å². The van der Waals surface area contributed by atoms with Gasteiger partial charge in [0.25, 0.3) is 0 Å². The average Bonchev–Trinajstić information content (AvgIpc) is 3.47. The van der Waals surface area contributed by atoms with Crippen LogP contribution in [0.4, 0.5) is 0 Å². The highest BCUT2D eigenvalue weighted by Crippen LogP contribution is 2.69.